The Morgan fingerprint density at radius 3 is 2.39 bits per heavy atom. The van der Waals surface area contributed by atoms with Crippen LogP contribution in [-0.2, 0) is 9.53 Å². The third kappa shape index (κ3) is 5.41. The van der Waals surface area contributed by atoms with E-state index in [1.165, 1.54) is 26.1 Å². The number of esters is 1. The van der Waals surface area contributed by atoms with E-state index in [9.17, 15) is 24.5 Å². The maximum Gasteiger partial charge on any atom is 0.339 e. The molecule has 3 amide bonds. The molecule has 1 aromatic rings. The van der Waals surface area contributed by atoms with Gasteiger partial charge in [0.1, 0.15) is 5.69 Å². The molecule has 1 fully saturated rings. The van der Waals surface area contributed by atoms with Gasteiger partial charge in [-0.3, -0.25) is 20.2 Å². The zero-order valence-electron chi connectivity index (χ0n) is 15.9. The van der Waals surface area contributed by atoms with E-state index in [2.05, 4.69) is 5.32 Å². The Bertz CT molecular complexity index is 758. The number of nitro groups is 1. The molecule has 0 unspecified atom stereocenters. The molecule has 10 heteroatoms. The molecule has 1 heterocycles. The maximum atomic E-state index is 12.3. The second-order valence-electron chi connectivity index (χ2n) is 6.48. The van der Waals surface area contributed by atoms with E-state index in [-0.39, 0.29) is 11.3 Å². The summed E-state index contributed by atoms with van der Waals surface area (Å²) in [6, 6.07) is 3.41. The van der Waals surface area contributed by atoms with Gasteiger partial charge in [0.2, 0.25) is 0 Å². The van der Waals surface area contributed by atoms with E-state index >= 15 is 0 Å². The largest absolute Gasteiger partial charge is 0.449 e. The van der Waals surface area contributed by atoms with Crippen molar-refractivity contribution in [3.63, 3.8) is 0 Å². The summed E-state index contributed by atoms with van der Waals surface area (Å²) in [5.74, 6) is -1.69. The number of urea groups is 1. The quantitative estimate of drug-likeness (QED) is 0.445. The summed E-state index contributed by atoms with van der Waals surface area (Å²) in [5, 5.41) is 15.7. The van der Waals surface area contributed by atoms with Crippen LogP contribution in [0.4, 0.5) is 16.2 Å². The molecular formula is C18H24N4O6. The number of nitrogens with one attached hydrogen (secondary N) is 2. The first kappa shape index (κ1) is 21.1. The van der Waals surface area contributed by atoms with Crippen molar-refractivity contribution >= 4 is 29.3 Å². The molecule has 1 saturated heterocycles. The van der Waals surface area contributed by atoms with Crippen molar-refractivity contribution in [1.29, 1.82) is 0 Å². The minimum atomic E-state index is -1.24. The second-order valence-corrected chi connectivity index (χ2v) is 6.48. The number of carbonyl (C=O) groups excluding carboxylic acids is 3. The minimum absolute atomic E-state index is 0.0372. The lowest BCUT2D eigenvalue weighted by atomic mass is 10.1. The molecule has 0 bridgehead atoms. The zero-order chi connectivity index (χ0) is 20.7. The van der Waals surface area contributed by atoms with Gasteiger partial charge in [0.25, 0.3) is 11.6 Å². The maximum absolute atomic E-state index is 12.3. The van der Waals surface area contributed by atoms with Crippen LogP contribution in [0.25, 0.3) is 0 Å². The summed E-state index contributed by atoms with van der Waals surface area (Å²) in [6.07, 6.45) is 2.85. The van der Waals surface area contributed by atoms with Crippen molar-refractivity contribution in [2.24, 2.45) is 0 Å². The number of rotatable bonds is 5. The average Bonchev–Trinajstić information content (AvgIpc) is 2.96. The van der Waals surface area contributed by atoms with Gasteiger partial charge in [-0.25, -0.2) is 9.59 Å². The number of nitrogens with zero attached hydrogens (tertiary/aromatic N) is 2. The highest BCUT2D eigenvalue weighted by Gasteiger charge is 2.25. The Hall–Kier alpha value is -3.17. The Labute approximate surface area is 162 Å². The SMILES string of the molecule is CNC(=O)NC(=O)[C@H](C)OC(=O)c1ccc(N2CCCCCC2)c([N+](=O)[O-])c1. The normalized spacial score (nSPS) is 15.1. The van der Waals surface area contributed by atoms with Crippen molar-refractivity contribution in [3.8, 4) is 0 Å². The van der Waals surface area contributed by atoms with Gasteiger partial charge in [0, 0.05) is 26.2 Å². The molecule has 0 aromatic heterocycles. The molecule has 1 atom stereocenters. The Kier molecular flexibility index (Phi) is 7.30. The fourth-order valence-electron chi connectivity index (χ4n) is 2.93. The zero-order valence-corrected chi connectivity index (χ0v) is 15.9. The van der Waals surface area contributed by atoms with E-state index in [0.29, 0.717) is 5.69 Å². The van der Waals surface area contributed by atoms with Crippen LogP contribution in [0, 0.1) is 10.1 Å². The Morgan fingerprint density at radius 1 is 1.18 bits per heavy atom. The lowest BCUT2D eigenvalue weighted by Gasteiger charge is -2.22. The molecular weight excluding hydrogens is 368 g/mol. The van der Waals surface area contributed by atoms with Crippen molar-refractivity contribution in [2.45, 2.75) is 38.7 Å². The first-order chi connectivity index (χ1) is 13.3. The molecule has 2 N–H and O–H groups in total. The fraction of sp³-hybridized carbons (Fsp3) is 0.500. The number of amides is 3. The van der Waals surface area contributed by atoms with Crippen LogP contribution < -0.4 is 15.5 Å². The van der Waals surface area contributed by atoms with E-state index < -0.39 is 28.9 Å². The summed E-state index contributed by atoms with van der Waals surface area (Å²) < 4.78 is 5.02. The molecule has 0 radical (unpaired) electrons. The first-order valence-corrected chi connectivity index (χ1v) is 9.10. The van der Waals surface area contributed by atoms with Crippen LogP contribution in [0.2, 0.25) is 0 Å². The average molecular weight is 392 g/mol. The van der Waals surface area contributed by atoms with Crippen LogP contribution in [-0.4, -0.2) is 49.1 Å². The molecule has 1 aromatic carbocycles. The van der Waals surface area contributed by atoms with Gasteiger partial charge in [-0.05, 0) is 31.9 Å². The minimum Gasteiger partial charge on any atom is -0.449 e. The second kappa shape index (κ2) is 9.67. The number of hydrogen-bond donors (Lipinski definition) is 2. The molecule has 28 heavy (non-hydrogen) atoms. The van der Waals surface area contributed by atoms with Crippen molar-refractivity contribution < 1.29 is 24.0 Å². The predicted molar refractivity (Wildman–Crippen MR) is 101 cm³/mol. The summed E-state index contributed by atoms with van der Waals surface area (Å²) in [6.45, 7) is 2.75. The highest BCUT2D eigenvalue weighted by atomic mass is 16.6. The fourth-order valence-corrected chi connectivity index (χ4v) is 2.93. The van der Waals surface area contributed by atoms with Gasteiger partial charge in [-0.15, -0.1) is 0 Å². The van der Waals surface area contributed by atoms with Crippen LogP contribution in [0.5, 0.6) is 0 Å². The summed E-state index contributed by atoms with van der Waals surface area (Å²) >= 11 is 0. The Balaban J connectivity index is 2.15. The standard InChI is InChI=1S/C18H24N4O6/c1-12(16(23)20-18(25)19-2)28-17(24)13-7-8-14(15(11-13)22(26)27)21-9-5-3-4-6-10-21/h7-8,11-12H,3-6,9-10H2,1-2H3,(H2,19,20,23,25)/t12-/m0/s1. The molecule has 0 aliphatic carbocycles. The lowest BCUT2D eigenvalue weighted by molar-refractivity contribution is -0.384. The van der Waals surface area contributed by atoms with Gasteiger partial charge in [0.15, 0.2) is 6.10 Å². The summed E-state index contributed by atoms with van der Waals surface area (Å²) in [7, 11) is 1.34. The van der Waals surface area contributed by atoms with Gasteiger partial charge in [0.05, 0.1) is 10.5 Å². The van der Waals surface area contributed by atoms with Crippen molar-refractivity contribution in [1.82, 2.24) is 10.6 Å². The number of ether oxygens (including phenoxy) is 1. The number of nitro benzene ring substituents is 1. The van der Waals surface area contributed by atoms with Crippen LogP contribution >= 0.6 is 0 Å². The van der Waals surface area contributed by atoms with Crippen LogP contribution in [0.1, 0.15) is 43.0 Å². The van der Waals surface area contributed by atoms with E-state index in [1.54, 1.807) is 0 Å². The predicted octanol–water partition coefficient (Wildman–Crippen LogP) is 1.98. The smallest absolute Gasteiger partial charge is 0.339 e. The number of imide groups is 1. The van der Waals surface area contributed by atoms with Gasteiger partial charge in [-0.1, -0.05) is 12.8 Å². The lowest BCUT2D eigenvalue weighted by Crippen LogP contribution is -2.43. The van der Waals surface area contributed by atoms with Crippen LogP contribution in [0.3, 0.4) is 0 Å². The Morgan fingerprint density at radius 2 is 1.82 bits per heavy atom. The third-order valence-electron chi connectivity index (χ3n) is 4.47. The molecule has 1 aliphatic heterocycles. The molecule has 0 spiro atoms. The first-order valence-electron chi connectivity index (χ1n) is 9.10. The molecule has 152 valence electrons. The molecule has 1 aliphatic rings. The van der Waals surface area contributed by atoms with Crippen molar-refractivity contribution in [2.75, 3.05) is 25.0 Å². The van der Waals surface area contributed by atoms with Crippen molar-refractivity contribution in [3.05, 3.63) is 33.9 Å². The van der Waals surface area contributed by atoms with Gasteiger partial charge < -0.3 is 15.0 Å². The number of anilines is 1. The summed E-state index contributed by atoms with van der Waals surface area (Å²) in [4.78, 5) is 48.2. The molecule has 2 rings (SSSR count). The van der Waals surface area contributed by atoms with Crippen LogP contribution in [0.15, 0.2) is 18.2 Å². The topological polar surface area (TPSA) is 131 Å². The van der Waals surface area contributed by atoms with Gasteiger partial charge >= 0.3 is 12.0 Å². The number of hydrogen-bond acceptors (Lipinski definition) is 7. The highest BCUT2D eigenvalue weighted by Crippen LogP contribution is 2.31. The highest BCUT2D eigenvalue weighted by molar-refractivity contribution is 5.98. The van der Waals surface area contributed by atoms with Gasteiger partial charge in [-0.2, -0.15) is 0 Å². The van der Waals surface area contributed by atoms with E-state index in [0.717, 1.165) is 44.8 Å². The molecule has 0 saturated carbocycles. The number of carbonyl (C=O) groups is 3. The number of benzene rings is 1. The monoisotopic (exact) mass is 392 g/mol. The van der Waals surface area contributed by atoms with E-state index in [1.807, 2.05) is 10.2 Å². The molecule has 10 nitrogen and oxygen atoms in total. The third-order valence-corrected chi connectivity index (χ3v) is 4.47. The summed E-state index contributed by atoms with van der Waals surface area (Å²) in [5.41, 5.74) is 0.248. The van der Waals surface area contributed by atoms with E-state index in [4.69, 9.17) is 4.74 Å².